The molecule has 0 saturated carbocycles. The molecule has 2 rings (SSSR count). The molecule has 1 N–H and O–H groups in total. The van der Waals surface area contributed by atoms with E-state index < -0.39 is 0 Å². The van der Waals surface area contributed by atoms with E-state index in [1.54, 1.807) is 11.3 Å². The summed E-state index contributed by atoms with van der Waals surface area (Å²) in [6, 6.07) is 4.28. The third-order valence-corrected chi connectivity index (χ3v) is 5.44. The van der Waals surface area contributed by atoms with Crippen LogP contribution < -0.4 is 5.32 Å². The first-order chi connectivity index (χ1) is 9.67. The highest BCUT2D eigenvalue weighted by Gasteiger charge is 2.38. The minimum atomic E-state index is -0.0112. The third kappa shape index (κ3) is 3.57. The van der Waals surface area contributed by atoms with Crippen LogP contribution in [0.1, 0.15) is 42.1 Å². The lowest BCUT2D eigenvalue weighted by atomic mass is 10.2. The number of amides is 1. The van der Waals surface area contributed by atoms with Crippen LogP contribution in [0.3, 0.4) is 0 Å². The third-order valence-electron chi connectivity index (χ3n) is 3.69. The molecule has 2 heterocycles. The number of hydrogen-bond acceptors (Lipinski definition) is 4. The smallest absolute Gasteiger partial charge is 0.241 e. The Bertz CT molecular complexity index is 447. The zero-order valence-electron chi connectivity index (χ0n) is 12.5. The molecule has 0 aromatic carbocycles. The van der Waals surface area contributed by atoms with Crippen LogP contribution in [0.15, 0.2) is 12.1 Å². The van der Waals surface area contributed by atoms with Crippen LogP contribution in [0.25, 0.3) is 0 Å². The largest absolute Gasteiger partial charge is 0.321 e. The van der Waals surface area contributed by atoms with Crippen molar-refractivity contribution in [3.8, 4) is 0 Å². The van der Waals surface area contributed by atoms with E-state index in [4.69, 9.17) is 0 Å². The van der Waals surface area contributed by atoms with Crippen LogP contribution in [0.4, 0.5) is 0 Å². The van der Waals surface area contributed by atoms with E-state index in [1.807, 2.05) is 16.7 Å². The minimum Gasteiger partial charge on any atom is -0.321 e. The predicted octanol–water partition coefficient (Wildman–Crippen LogP) is 3.41. The number of carbonyl (C=O) groups is 1. The van der Waals surface area contributed by atoms with Crippen molar-refractivity contribution in [1.82, 2.24) is 10.2 Å². The fraction of sp³-hybridized carbons (Fsp3) is 0.667. The highest BCUT2D eigenvalue weighted by Crippen LogP contribution is 2.31. The molecule has 20 heavy (non-hydrogen) atoms. The highest BCUT2D eigenvalue weighted by molar-refractivity contribution is 7.98. The van der Waals surface area contributed by atoms with E-state index >= 15 is 0 Å². The second-order valence-corrected chi connectivity index (χ2v) is 7.52. The maximum Gasteiger partial charge on any atom is 0.241 e. The molecule has 1 aliphatic rings. The van der Waals surface area contributed by atoms with Crippen LogP contribution in [0.2, 0.25) is 0 Å². The molecule has 1 amide bonds. The van der Waals surface area contributed by atoms with Gasteiger partial charge in [0.15, 0.2) is 0 Å². The molecule has 1 aromatic rings. The van der Waals surface area contributed by atoms with Crippen molar-refractivity contribution in [3.63, 3.8) is 0 Å². The van der Waals surface area contributed by atoms with Gasteiger partial charge in [0.2, 0.25) is 5.91 Å². The van der Waals surface area contributed by atoms with Crippen LogP contribution in [-0.4, -0.2) is 35.4 Å². The van der Waals surface area contributed by atoms with Gasteiger partial charge in [-0.3, -0.25) is 10.1 Å². The maximum absolute atomic E-state index is 12.5. The van der Waals surface area contributed by atoms with Gasteiger partial charge >= 0.3 is 0 Å². The minimum absolute atomic E-state index is 0.0112. The Morgan fingerprint density at radius 1 is 1.40 bits per heavy atom. The molecule has 112 valence electrons. The van der Waals surface area contributed by atoms with Gasteiger partial charge < -0.3 is 4.90 Å². The van der Waals surface area contributed by atoms with Crippen molar-refractivity contribution >= 4 is 29.0 Å². The van der Waals surface area contributed by atoms with Crippen molar-refractivity contribution < 1.29 is 4.79 Å². The van der Waals surface area contributed by atoms with E-state index in [-0.39, 0.29) is 18.1 Å². The number of rotatable bonds is 7. The SMILES string of the molecule is CCC1NC(c2ccc(C)s2)N(CCCCSC)C1=O. The zero-order valence-corrected chi connectivity index (χ0v) is 14.1. The molecule has 3 nitrogen and oxygen atoms in total. The average Bonchev–Trinajstić information content (AvgIpc) is 2.99. The van der Waals surface area contributed by atoms with Crippen molar-refractivity contribution in [1.29, 1.82) is 0 Å². The van der Waals surface area contributed by atoms with Gasteiger partial charge in [0.25, 0.3) is 0 Å². The van der Waals surface area contributed by atoms with E-state index in [9.17, 15) is 4.79 Å². The molecule has 2 unspecified atom stereocenters. The number of nitrogens with one attached hydrogen (secondary N) is 1. The first-order valence-corrected chi connectivity index (χ1v) is 9.50. The Morgan fingerprint density at radius 2 is 2.20 bits per heavy atom. The van der Waals surface area contributed by atoms with Crippen molar-refractivity contribution in [2.45, 2.75) is 45.3 Å². The van der Waals surface area contributed by atoms with Gasteiger partial charge in [-0.25, -0.2) is 0 Å². The quantitative estimate of drug-likeness (QED) is 0.783. The van der Waals surface area contributed by atoms with Crippen molar-refractivity contribution in [2.75, 3.05) is 18.6 Å². The Morgan fingerprint density at radius 3 is 2.80 bits per heavy atom. The van der Waals surface area contributed by atoms with Gasteiger partial charge in [-0.2, -0.15) is 11.8 Å². The van der Waals surface area contributed by atoms with Gasteiger partial charge in [-0.05, 0) is 50.3 Å². The molecule has 0 bridgehead atoms. The van der Waals surface area contributed by atoms with Crippen LogP contribution in [0, 0.1) is 6.92 Å². The molecule has 1 saturated heterocycles. The number of thiophene rings is 1. The van der Waals surface area contributed by atoms with Crippen LogP contribution in [-0.2, 0) is 4.79 Å². The lowest BCUT2D eigenvalue weighted by Crippen LogP contribution is -2.31. The summed E-state index contributed by atoms with van der Waals surface area (Å²) in [6.45, 7) is 5.05. The second kappa shape index (κ2) is 7.48. The summed E-state index contributed by atoms with van der Waals surface area (Å²) in [6.07, 6.45) is 5.35. The second-order valence-electron chi connectivity index (χ2n) is 5.21. The van der Waals surface area contributed by atoms with Gasteiger partial charge in [0.05, 0.1) is 6.04 Å². The normalized spacial score (nSPS) is 22.8. The molecular weight excluding hydrogens is 288 g/mol. The van der Waals surface area contributed by atoms with Crippen molar-refractivity contribution in [2.24, 2.45) is 0 Å². The van der Waals surface area contributed by atoms with E-state index in [0.29, 0.717) is 0 Å². The first-order valence-electron chi connectivity index (χ1n) is 7.29. The molecule has 0 spiro atoms. The van der Waals surface area contributed by atoms with Crippen LogP contribution >= 0.6 is 23.1 Å². The highest BCUT2D eigenvalue weighted by atomic mass is 32.2. The van der Waals surface area contributed by atoms with E-state index in [2.05, 4.69) is 37.6 Å². The first kappa shape index (κ1) is 15.9. The number of thioether (sulfide) groups is 1. The fourth-order valence-electron chi connectivity index (χ4n) is 2.58. The Hall–Kier alpha value is -0.520. The summed E-state index contributed by atoms with van der Waals surface area (Å²) in [7, 11) is 0. The number of unbranched alkanes of at least 4 members (excludes halogenated alkanes) is 1. The summed E-state index contributed by atoms with van der Waals surface area (Å²) in [5.74, 6) is 1.45. The Kier molecular flexibility index (Phi) is 5.93. The molecule has 1 aromatic heterocycles. The van der Waals surface area contributed by atoms with Crippen LogP contribution in [0.5, 0.6) is 0 Å². The maximum atomic E-state index is 12.5. The van der Waals surface area contributed by atoms with Crippen molar-refractivity contribution in [3.05, 3.63) is 21.9 Å². The fourth-order valence-corrected chi connectivity index (χ4v) is 4.02. The van der Waals surface area contributed by atoms with Gasteiger partial charge in [0.1, 0.15) is 6.17 Å². The summed E-state index contributed by atoms with van der Waals surface area (Å²) >= 11 is 3.66. The monoisotopic (exact) mass is 312 g/mol. The molecule has 1 aliphatic heterocycles. The van der Waals surface area contributed by atoms with Gasteiger partial charge in [-0.1, -0.05) is 6.92 Å². The summed E-state index contributed by atoms with van der Waals surface area (Å²) in [4.78, 5) is 17.1. The molecule has 5 heteroatoms. The lowest BCUT2D eigenvalue weighted by Gasteiger charge is -2.23. The van der Waals surface area contributed by atoms with E-state index in [1.165, 1.54) is 21.9 Å². The number of hydrogen-bond donors (Lipinski definition) is 1. The molecule has 0 aliphatic carbocycles. The number of carbonyl (C=O) groups excluding carboxylic acids is 1. The Labute approximate surface area is 130 Å². The zero-order chi connectivity index (χ0) is 14.5. The average molecular weight is 313 g/mol. The Balaban J connectivity index is 2.05. The standard InChI is InChI=1S/C15H24N2OS2/c1-4-12-15(18)17(9-5-6-10-19-3)14(16-12)13-8-7-11(2)20-13/h7-8,12,14,16H,4-6,9-10H2,1-3H3. The molecular formula is C15H24N2OS2. The predicted molar refractivity (Wildman–Crippen MR) is 88.3 cm³/mol. The number of aryl methyl sites for hydroxylation is 1. The lowest BCUT2D eigenvalue weighted by molar-refractivity contribution is -0.130. The summed E-state index contributed by atoms with van der Waals surface area (Å²) in [5.41, 5.74) is 0. The summed E-state index contributed by atoms with van der Waals surface area (Å²) < 4.78 is 0. The number of nitrogens with zero attached hydrogens (tertiary/aromatic N) is 1. The van der Waals surface area contributed by atoms with Gasteiger partial charge in [-0.15, -0.1) is 11.3 Å². The molecule has 1 fully saturated rings. The molecule has 0 radical (unpaired) electrons. The van der Waals surface area contributed by atoms with E-state index in [0.717, 1.165) is 19.4 Å². The van der Waals surface area contributed by atoms with Gasteiger partial charge in [0, 0.05) is 16.3 Å². The molecule has 2 atom stereocenters. The summed E-state index contributed by atoms with van der Waals surface area (Å²) in [5, 5.41) is 3.49. The topological polar surface area (TPSA) is 32.3 Å².